The van der Waals surface area contributed by atoms with Crippen LogP contribution < -0.4 is 5.32 Å². The van der Waals surface area contributed by atoms with Crippen LogP contribution in [0.25, 0.3) is 16.9 Å². The third-order valence-corrected chi connectivity index (χ3v) is 7.91. The number of hydrogen-bond acceptors (Lipinski definition) is 4. The molecule has 1 N–H and O–H groups in total. The summed E-state index contributed by atoms with van der Waals surface area (Å²) in [7, 11) is -3.90. The summed E-state index contributed by atoms with van der Waals surface area (Å²) in [6, 6.07) is 23.5. The number of anilines is 1. The summed E-state index contributed by atoms with van der Waals surface area (Å²) in [6.07, 6.45) is 0.601. The van der Waals surface area contributed by atoms with E-state index in [0.717, 1.165) is 11.1 Å². The number of carbonyl (C=O) groups is 1. The van der Waals surface area contributed by atoms with Crippen molar-refractivity contribution in [1.29, 1.82) is 0 Å². The molecule has 0 radical (unpaired) electrons. The average molecular weight is 535 g/mol. The zero-order valence-electron chi connectivity index (χ0n) is 21.6. The molecule has 0 atom stereocenters. The standard InChI is InChI=1S/C29H31FN4O3S/c1-21(2)17-18-33(38(36,37)26-15-9-22(3)10-16-26)20-29(35)31-28-19-27(23-7-5-4-6-8-23)32-34(28)25-13-11-24(30)12-14-25/h4-16,19,21H,17-18,20H2,1-3H3,(H,31,35). The minimum absolute atomic E-state index is 0.141. The van der Waals surface area contributed by atoms with E-state index >= 15 is 0 Å². The Morgan fingerprint density at radius 3 is 2.29 bits per heavy atom. The maximum absolute atomic E-state index is 13.6. The van der Waals surface area contributed by atoms with E-state index in [1.165, 1.54) is 21.1 Å². The van der Waals surface area contributed by atoms with Crippen LogP contribution in [0.5, 0.6) is 0 Å². The first-order valence-corrected chi connectivity index (χ1v) is 13.9. The normalized spacial score (nSPS) is 11.7. The van der Waals surface area contributed by atoms with Gasteiger partial charge in [-0.2, -0.15) is 9.40 Å². The van der Waals surface area contributed by atoms with Gasteiger partial charge in [-0.1, -0.05) is 61.9 Å². The molecular weight excluding hydrogens is 503 g/mol. The number of hydrogen-bond donors (Lipinski definition) is 1. The SMILES string of the molecule is Cc1ccc(S(=O)(=O)N(CCC(C)C)CC(=O)Nc2cc(-c3ccccc3)nn2-c2ccc(F)cc2)cc1. The minimum Gasteiger partial charge on any atom is -0.309 e. The minimum atomic E-state index is -3.90. The molecule has 4 aromatic rings. The van der Waals surface area contributed by atoms with Crippen molar-refractivity contribution in [2.75, 3.05) is 18.4 Å². The van der Waals surface area contributed by atoms with Crippen LogP contribution in [0.15, 0.2) is 89.8 Å². The summed E-state index contributed by atoms with van der Waals surface area (Å²) in [5.41, 5.74) is 2.94. The van der Waals surface area contributed by atoms with Gasteiger partial charge in [0.05, 0.1) is 22.8 Å². The number of sulfonamides is 1. The van der Waals surface area contributed by atoms with Gasteiger partial charge in [0.15, 0.2) is 0 Å². The van der Waals surface area contributed by atoms with Crippen molar-refractivity contribution in [2.24, 2.45) is 5.92 Å². The topological polar surface area (TPSA) is 84.3 Å². The maximum Gasteiger partial charge on any atom is 0.243 e. The van der Waals surface area contributed by atoms with Gasteiger partial charge in [0, 0.05) is 18.2 Å². The monoisotopic (exact) mass is 534 g/mol. The Labute approximate surface area is 223 Å². The molecule has 0 aliphatic heterocycles. The van der Waals surface area contributed by atoms with Gasteiger partial charge in [-0.15, -0.1) is 0 Å². The van der Waals surface area contributed by atoms with Crippen molar-refractivity contribution in [2.45, 2.75) is 32.1 Å². The molecule has 1 heterocycles. The molecule has 1 amide bonds. The lowest BCUT2D eigenvalue weighted by atomic mass is 10.1. The number of nitrogens with zero attached hydrogens (tertiary/aromatic N) is 3. The second-order valence-electron chi connectivity index (χ2n) is 9.55. The number of amides is 1. The quantitative estimate of drug-likeness (QED) is 0.284. The number of benzene rings is 3. The number of rotatable bonds is 10. The van der Waals surface area contributed by atoms with Gasteiger partial charge >= 0.3 is 0 Å². The van der Waals surface area contributed by atoms with E-state index in [9.17, 15) is 17.6 Å². The fourth-order valence-corrected chi connectivity index (χ4v) is 5.30. The molecular formula is C29H31FN4O3S. The van der Waals surface area contributed by atoms with Crippen molar-refractivity contribution in [3.8, 4) is 16.9 Å². The number of nitrogens with one attached hydrogen (secondary N) is 1. The molecule has 0 unspecified atom stereocenters. The summed E-state index contributed by atoms with van der Waals surface area (Å²) in [4.78, 5) is 13.4. The fraction of sp³-hybridized carbons (Fsp3) is 0.241. The van der Waals surface area contributed by atoms with Gasteiger partial charge in [-0.3, -0.25) is 4.79 Å². The summed E-state index contributed by atoms with van der Waals surface area (Å²) < 4.78 is 43.2. The molecule has 38 heavy (non-hydrogen) atoms. The molecule has 3 aromatic carbocycles. The van der Waals surface area contributed by atoms with Gasteiger partial charge in [-0.05, 0) is 55.7 Å². The lowest BCUT2D eigenvalue weighted by Crippen LogP contribution is -2.39. The van der Waals surface area contributed by atoms with Crippen LogP contribution in [0, 0.1) is 18.7 Å². The summed E-state index contributed by atoms with van der Waals surface area (Å²) in [6.45, 7) is 5.73. The second-order valence-corrected chi connectivity index (χ2v) is 11.5. The third-order valence-electron chi connectivity index (χ3n) is 6.05. The Balaban J connectivity index is 1.63. The summed E-state index contributed by atoms with van der Waals surface area (Å²) >= 11 is 0. The molecule has 7 nitrogen and oxygen atoms in total. The van der Waals surface area contributed by atoms with Crippen LogP contribution in [0.4, 0.5) is 10.2 Å². The summed E-state index contributed by atoms with van der Waals surface area (Å²) in [5, 5.41) is 7.45. The van der Waals surface area contributed by atoms with Crippen LogP contribution in [0.2, 0.25) is 0 Å². The molecule has 0 spiro atoms. The van der Waals surface area contributed by atoms with Gasteiger partial charge in [0.25, 0.3) is 0 Å². The first kappa shape index (κ1) is 27.2. The average Bonchev–Trinajstić information content (AvgIpc) is 3.31. The van der Waals surface area contributed by atoms with E-state index in [4.69, 9.17) is 0 Å². The maximum atomic E-state index is 13.6. The first-order chi connectivity index (χ1) is 18.1. The van der Waals surface area contributed by atoms with E-state index < -0.39 is 21.7 Å². The van der Waals surface area contributed by atoms with E-state index in [1.807, 2.05) is 51.1 Å². The van der Waals surface area contributed by atoms with Gasteiger partial charge < -0.3 is 5.32 Å². The van der Waals surface area contributed by atoms with Gasteiger partial charge in [-0.25, -0.2) is 17.5 Å². The van der Waals surface area contributed by atoms with Crippen molar-refractivity contribution >= 4 is 21.7 Å². The molecule has 4 rings (SSSR count). The molecule has 0 aliphatic carbocycles. The fourth-order valence-electron chi connectivity index (χ4n) is 3.89. The molecule has 0 saturated carbocycles. The highest BCUT2D eigenvalue weighted by atomic mass is 32.2. The van der Waals surface area contributed by atoms with Crippen LogP contribution >= 0.6 is 0 Å². The Bertz CT molecular complexity index is 1480. The summed E-state index contributed by atoms with van der Waals surface area (Å²) in [5.74, 6) is -0.302. The number of halogens is 1. The lowest BCUT2D eigenvalue weighted by molar-refractivity contribution is -0.116. The highest BCUT2D eigenvalue weighted by Crippen LogP contribution is 2.25. The number of aromatic nitrogens is 2. The highest BCUT2D eigenvalue weighted by Gasteiger charge is 2.27. The Hall–Kier alpha value is -3.82. The van der Waals surface area contributed by atoms with Gasteiger partial charge in [0.2, 0.25) is 15.9 Å². The van der Waals surface area contributed by atoms with Crippen molar-refractivity contribution in [1.82, 2.24) is 14.1 Å². The highest BCUT2D eigenvalue weighted by molar-refractivity contribution is 7.89. The largest absolute Gasteiger partial charge is 0.309 e. The van der Waals surface area contributed by atoms with E-state index in [-0.39, 0.29) is 23.9 Å². The second kappa shape index (κ2) is 11.7. The Morgan fingerprint density at radius 1 is 1.00 bits per heavy atom. The first-order valence-electron chi connectivity index (χ1n) is 12.4. The van der Waals surface area contributed by atoms with Crippen LogP contribution in [0.3, 0.4) is 0 Å². The van der Waals surface area contributed by atoms with E-state index in [0.29, 0.717) is 23.6 Å². The molecule has 0 fully saturated rings. The van der Waals surface area contributed by atoms with Crippen LogP contribution in [0.1, 0.15) is 25.8 Å². The smallest absolute Gasteiger partial charge is 0.243 e. The zero-order chi connectivity index (χ0) is 27.3. The Kier molecular flexibility index (Phi) is 8.38. The zero-order valence-corrected chi connectivity index (χ0v) is 22.5. The van der Waals surface area contributed by atoms with E-state index in [2.05, 4.69) is 10.4 Å². The number of carbonyl (C=O) groups excluding carboxylic acids is 1. The van der Waals surface area contributed by atoms with E-state index in [1.54, 1.807) is 42.5 Å². The van der Waals surface area contributed by atoms with Gasteiger partial charge in [0.1, 0.15) is 11.6 Å². The number of aryl methyl sites for hydroxylation is 1. The predicted molar refractivity (Wildman–Crippen MR) is 147 cm³/mol. The van der Waals surface area contributed by atoms with Crippen molar-refractivity contribution < 1.29 is 17.6 Å². The van der Waals surface area contributed by atoms with Crippen molar-refractivity contribution in [3.05, 3.63) is 96.3 Å². The molecule has 0 saturated heterocycles. The molecule has 0 aliphatic rings. The van der Waals surface area contributed by atoms with Crippen LogP contribution in [-0.4, -0.2) is 41.5 Å². The molecule has 1 aromatic heterocycles. The van der Waals surface area contributed by atoms with Crippen LogP contribution in [-0.2, 0) is 14.8 Å². The molecule has 9 heteroatoms. The molecule has 198 valence electrons. The predicted octanol–water partition coefficient (Wildman–Crippen LogP) is 5.66. The third kappa shape index (κ3) is 6.54. The molecule has 0 bridgehead atoms. The lowest BCUT2D eigenvalue weighted by Gasteiger charge is -2.23. The Morgan fingerprint density at radius 2 is 1.66 bits per heavy atom. The van der Waals surface area contributed by atoms with Crippen molar-refractivity contribution in [3.63, 3.8) is 0 Å².